The van der Waals surface area contributed by atoms with Crippen LogP contribution in [0.1, 0.15) is 29.3 Å². The second-order valence-corrected chi connectivity index (χ2v) is 7.01. The zero-order valence-electron chi connectivity index (χ0n) is 14.1. The van der Waals surface area contributed by atoms with Crippen molar-refractivity contribution < 1.29 is 14.3 Å². The van der Waals surface area contributed by atoms with Gasteiger partial charge in [-0.25, -0.2) is 0 Å². The van der Waals surface area contributed by atoms with Crippen molar-refractivity contribution in [2.45, 2.75) is 23.1 Å². The van der Waals surface area contributed by atoms with Gasteiger partial charge in [-0.1, -0.05) is 18.2 Å². The van der Waals surface area contributed by atoms with Crippen LogP contribution < -0.4 is 9.47 Å². The summed E-state index contributed by atoms with van der Waals surface area (Å²) in [7, 11) is 3.28. The minimum Gasteiger partial charge on any atom is -0.493 e. The number of ether oxygens (including phenoxy) is 2. The molecule has 0 spiro atoms. The van der Waals surface area contributed by atoms with Crippen LogP contribution in [0, 0.1) is 0 Å². The average Bonchev–Trinajstić information content (AvgIpc) is 2.63. The molecule has 0 saturated carbocycles. The van der Waals surface area contributed by atoms with E-state index in [0.717, 1.165) is 17.7 Å². The average molecular weight is 343 g/mol. The Kier molecular flexibility index (Phi) is 5.00. The molecule has 0 fully saturated rings. The third kappa shape index (κ3) is 3.08. The summed E-state index contributed by atoms with van der Waals surface area (Å²) in [6.45, 7) is 2.72. The van der Waals surface area contributed by atoms with Crippen molar-refractivity contribution in [1.29, 1.82) is 0 Å². The van der Waals surface area contributed by atoms with Gasteiger partial charge in [0.2, 0.25) is 6.41 Å². The van der Waals surface area contributed by atoms with Gasteiger partial charge in [-0.05, 0) is 42.3 Å². The molecule has 0 saturated heterocycles. The van der Waals surface area contributed by atoms with Crippen molar-refractivity contribution in [2.75, 3.05) is 20.8 Å². The molecule has 3 rings (SSSR count). The van der Waals surface area contributed by atoms with Gasteiger partial charge in [0.1, 0.15) is 0 Å². The van der Waals surface area contributed by atoms with Crippen molar-refractivity contribution in [2.24, 2.45) is 0 Å². The fourth-order valence-corrected chi connectivity index (χ4v) is 4.30. The topological polar surface area (TPSA) is 38.8 Å². The van der Waals surface area contributed by atoms with Crippen molar-refractivity contribution >= 4 is 18.2 Å². The minimum absolute atomic E-state index is 0.0185. The summed E-state index contributed by atoms with van der Waals surface area (Å²) in [4.78, 5) is 14.5. The molecule has 0 N–H and O–H groups in total. The van der Waals surface area contributed by atoms with Crippen LogP contribution in [0.15, 0.2) is 47.4 Å². The highest BCUT2D eigenvalue weighted by atomic mass is 32.2. The third-order valence-corrected chi connectivity index (χ3v) is 5.65. The van der Waals surface area contributed by atoms with E-state index in [1.54, 1.807) is 26.0 Å². The number of benzene rings is 2. The lowest BCUT2D eigenvalue weighted by Crippen LogP contribution is -2.34. The monoisotopic (exact) mass is 343 g/mol. The zero-order valence-corrected chi connectivity index (χ0v) is 14.9. The summed E-state index contributed by atoms with van der Waals surface area (Å²) in [5.74, 6) is 1.42. The van der Waals surface area contributed by atoms with E-state index in [1.165, 1.54) is 10.5 Å². The molecule has 1 aliphatic rings. The number of fused-ring (bicyclic) bond motifs is 1. The molecular formula is C19H21NO3S. The number of thioether (sulfide) groups is 1. The predicted molar refractivity (Wildman–Crippen MR) is 95.8 cm³/mol. The molecule has 1 aliphatic heterocycles. The largest absolute Gasteiger partial charge is 0.493 e. The van der Waals surface area contributed by atoms with Gasteiger partial charge in [0.15, 0.2) is 11.5 Å². The van der Waals surface area contributed by atoms with E-state index in [9.17, 15) is 4.79 Å². The van der Waals surface area contributed by atoms with E-state index in [2.05, 4.69) is 12.1 Å². The Balaban J connectivity index is 2.05. The van der Waals surface area contributed by atoms with E-state index in [4.69, 9.17) is 9.47 Å². The van der Waals surface area contributed by atoms with Crippen LogP contribution in [0.5, 0.6) is 11.5 Å². The van der Waals surface area contributed by atoms with Crippen LogP contribution in [0.4, 0.5) is 0 Å². The molecule has 5 heteroatoms. The van der Waals surface area contributed by atoms with E-state index in [-0.39, 0.29) is 11.3 Å². The van der Waals surface area contributed by atoms with Gasteiger partial charge in [-0.3, -0.25) is 4.79 Å². The van der Waals surface area contributed by atoms with Crippen LogP contribution in [-0.2, 0) is 4.79 Å². The van der Waals surface area contributed by atoms with E-state index in [0.29, 0.717) is 12.3 Å². The molecule has 24 heavy (non-hydrogen) atoms. The highest BCUT2D eigenvalue weighted by molar-refractivity contribution is 7.99. The Labute approximate surface area is 146 Å². The summed E-state index contributed by atoms with van der Waals surface area (Å²) in [6, 6.07) is 14.3. The lowest BCUT2D eigenvalue weighted by molar-refractivity contribution is -0.120. The molecule has 0 bridgehead atoms. The van der Waals surface area contributed by atoms with Crippen LogP contribution in [-0.4, -0.2) is 32.1 Å². The van der Waals surface area contributed by atoms with Crippen molar-refractivity contribution in [1.82, 2.24) is 4.90 Å². The van der Waals surface area contributed by atoms with Gasteiger partial charge in [-0.15, -0.1) is 11.8 Å². The Morgan fingerprint density at radius 2 is 1.71 bits per heavy atom. The fourth-order valence-electron chi connectivity index (χ4n) is 3.08. The highest BCUT2D eigenvalue weighted by Gasteiger charge is 2.32. The van der Waals surface area contributed by atoms with Gasteiger partial charge >= 0.3 is 0 Å². The van der Waals surface area contributed by atoms with Crippen molar-refractivity contribution in [3.05, 3.63) is 53.6 Å². The van der Waals surface area contributed by atoms with Gasteiger partial charge in [0.25, 0.3) is 0 Å². The maximum Gasteiger partial charge on any atom is 0.210 e. The second-order valence-electron chi connectivity index (χ2n) is 5.73. The lowest BCUT2D eigenvalue weighted by Gasteiger charge is -2.37. The number of carbonyl (C=O) groups excluding carboxylic acids is 1. The predicted octanol–water partition coefficient (Wildman–Crippen LogP) is 4.07. The van der Waals surface area contributed by atoms with Crippen LogP contribution in [0.2, 0.25) is 0 Å². The van der Waals surface area contributed by atoms with Crippen LogP contribution >= 0.6 is 11.8 Å². The number of nitrogens with zero attached hydrogens (tertiary/aromatic N) is 1. The van der Waals surface area contributed by atoms with E-state index < -0.39 is 0 Å². The third-order valence-electron chi connectivity index (χ3n) is 4.42. The lowest BCUT2D eigenvalue weighted by atomic mass is 9.93. The van der Waals surface area contributed by atoms with Gasteiger partial charge in [0, 0.05) is 11.4 Å². The SMILES string of the molecule is COc1cc2c(cc1OC)C(C)N(C=O)CC2Sc1ccccc1. The minimum atomic E-state index is 0.0185. The van der Waals surface area contributed by atoms with Crippen molar-refractivity contribution in [3.8, 4) is 11.5 Å². The molecule has 0 aliphatic carbocycles. The Hall–Kier alpha value is -2.14. The number of amides is 1. The number of methoxy groups -OCH3 is 2. The first kappa shape index (κ1) is 16.7. The maximum atomic E-state index is 11.5. The molecule has 126 valence electrons. The Bertz CT molecular complexity index is 720. The van der Waals surface area contributed by atoms with E-state index >= 15 is 0 Å². The molecule has 0 radical (unpaired) electrons. The molecule has 1 amide bonds. The molecule has 2 atom stereocenters. The summed E-state index contributed by atoms with van der Waals surface area (Å²) in [5, 5.41) is 0.156. The molecule has 0 aromatic heterocycles. The normalized spacial score (nSPS) is 19.5. The van der Waals surface area contributed by atoms with Crippen LogP contribution in [0.25, 0.3) is 0 Å². The molecule has 2 aromatic rings. The number of hydrogen-bond donors (Lipinski definition) is 0. The first-order valence-corrected chi connectivity index (χ1v) is 8.74. The Morgan fingerprint density at radius 1 is 1.08 bits per heavy atom. The quantitative estimate of drug-likeness (QED) is 0.767. The van der Waals surface area contributed by atoms with E-state index in [1.807, 2.05) is 42.2 Å². The standard InChI is InChI=1S/C19H21NO3S/c1-13-15-9-17(22-2)18(23-3)10-16(15)19(11-20(13)12-21)24-14-7-5-4-6-8-14/h4-10,12-13,19H,11H2,1-3H3. The molecule has 2 unspecified atom stereocenters. The molecular weight excluding hydrogens is 322 g/mol. The highest BCUT2D eigenvalue weighted by Crippen LogP contribution is 2.47. The number of rotatable bonds is 5. The number of carbonyl (C=O) groups is 1. The van der Waals surface area contributed by atoms with Gasteiger partial charge in [-0.2, -0.15) is 0 Å². The zero-order chi connectivity index (χ0) is 17.1. The summed E-state index contributed by atoms with van der Waals surface area (Å²) >= 11 is 1.76. The molecule has 4 nitrogen and oxygen atoms in total. The van der Waals surface area contributed by atoms with Crippen LogP contribution in [0.3, 0.4) is 0 Å². The maximum absolute atomic E-state index is 11.5. The molecule has 2 aromatic carbocycles. The summed E-state index contributed by atoms with van der Waals surface area (Å²) < 4.78 is 10.9. The Morgan fingerprint density at radius 3 is 2.29 bits per heavy atom. The van der Waals surface area contributed by atoms with Gasteiger partial charge < -0.3 is 14.4 Å². The first-order chi connectivity index (χ1) is 11.7. The summed E-state index contributed by atoms with van der Waals surface area (Å²) in [5.41, 5.74) is 2.31. The fraction of sp³-hybridized carbons (Fsp3) is 0.316. The second kappa shape index (κ2) is 7.18. The van der Waals surface area contributed by atoms with Crippen molar-refractivity contribution in [3.63, 3.8) is 0 Å². The molecule has 1 heterocycles. The van der Waals surface area contributed by atoms with Gasteiger partial charge in [0.05, 0.1) is 25.5 Å². The number of hydrogen-bond acceptors (Lipinski definition) is 4. The first-order valence-electron chi connectivity index (χ1n) is 7.86. The summed E-state index contributed by atoms with van der Waals surface area (Å²) in [6.07, 6.45) is 0.933. The smallest absolute Gasteiger partial charge is 0.210 e.